The molecule has 10 N–H and O–H groups in total. The lowest BCUT2D eigenvalue weighted by Gasteiger charge is -2.29. The van der Waals surface area contributed by atoms with Crippen LogP contribution in [0.2, 0.25) is 0 Å². The number of carboxylic acids is 4. The van der Waals surface area contributed by atoms with Gasteiger partial charge < -0.3 is 51.5 Å². The van der Waals surface area contributed by atoms with E-state index in [1.165, 1.54) is 26.8 Å². The number of fused-ring (bicyclic) bond motifs is 14. The number of phenols is 4. The molecule has 5 rings (SSSR count). The van der Waals surface area contributed by atoms with Crippen molar-refractivity contribution in [2.24, 2.45) is 9.98 Å². The van der Waals surface area contributed by atoms with Gasteiger partial charge in [-0.15, -0.1) is 0 Å². The van der Waals surface area contributed by atoms with Crippen molar-refractivity contribution in [3.8, 4) is 23.0 Å². The van der Waals surface area contributed by atoms with Gasteiger partial charge in [0.2, 0.25) is 11.8 Å². The lowest BCUT2D eigenvalue weighted by molar-refractivity contribution is -0.143. The topological polar surface area (TPSA) is 326 Å². The second-order valence-corrected chi connectivity index (χ2v) is 13.4. The fourth-order valence-corrected chi connectivity index (χ4v) is 6.48. The van der Waals surface area contributed by atoms with E-state index in [1.54, 1.807) is 0 Å². The van der Waals surface area contributed by atoms with E-state index >= 15 is 0 Å². The number of carboxylic acid groups (broad SMARTS) is 4. The Hall–Kier alpha value is -6.36. The van der Waals surface area contributed by atoms with Crippen LogP contribution in [-0.2, 0) is 28.8 Å². The minimum absolute atomic E-state index is 0.000236. The molecule has 3 aromatic carbocycles. The number of aromatic hydroxyl groups is 4. The first-order valence-electron chi connectivity index (χ1n) is 18.0. The number of phenolic OH excluding ortho intramolecular Hbond substituents is 4. The van der Waals surface area contributed by atoms with Gasteiger partial charge in [0.25, 0.3) is 0 Å². The van der Waals surface area contributed by atoms with Gasteiger partial charge in [-0.1, -0.05) is 0 Å². The van der Waals surface area contributed by atoms with Crippen molar-refractivity contribution < 1.29 is 69.6 Å². The molecule has 2 amide bonds. The van der Waals surface area contributed by atoms with Crippen LogP contribution in [0.1, 0.15) is 0 Å². The largest absolute Gasteiger partial charge is 0.507 e. The summed E-state index contributed by atoms with van der Waals surface area (Å²) < 4.78 is 0. The molecule has 0 aromatic heterocycles. The molecule has 0 unspecified atom stereocenters. The minimum atomic E-state index is -1.27. The van der Waals surface area contributed by atoms with Crippen LogP contribution in [0.25, 0.3) is 21.5 Å². The van der Waals surface area contributed by atoms with E-state index in [2.05, 4.69) is 20.6 Å². The van der Waals surface area contributed by atoms with E-state index in [1.807, 2.05) is 0 Å². The molecule has 0 aliphatic carbocycles. The van der Waals surface area contributed by atoms with E-state index in [-0.39, 0.29) is 111 Å². The highest BCUT2D eigenvalue weighted by Gasteiger charge is 2.23. The van der Waals surface area contributed by atoms with Crippen molar-refractivity contribution in [3.63, 3.8) is 0 Å². The summed E-state index contributed by atoms with van der Waals surface area (Å²) in [6.07, 6.45) is 0. The maximum Gasteiger partial charge on any atom is 0.317 e. The monoisotopic (exact) mass is 814 g/mol. The molecule has 0 spiro atoms. The number of hydrogen-bond acceptors (Lipinski definition) is 16. The van der Waals surface area contributed by atoms with Gasteiger partial charge in [0, 0.05) is 52.4 Å². The quantitative estimate of drug-likeness (QED) is 0.0365. The summed E-state index contributed by atoms with van der Waals surface area (Å²) in [7, 11) is 0. The van der Waals surface area contributed by atoms with Crippen LogP contribution in [0.5, 0.6) is 23.0 Å². The van der Waals surface area contributed by atoms with Crippen molar-refractivity contribution in [3.05, 3.63) is 35.0 Å². The summed E-state index contributed by atoms with van der Waals surface area (Å²) in [5.41, 5.74) is 0. The summed E-state index contributed by atoms with van der Waals surface area (Å²) in [4.78, 5) is 86.4. The first-order chi connectivity index (χ1) is 27.5. The van der Waals surface area contributed by atoms with Crippen molar-refractivity contribution >= 4 is 57.2 Å². The Labute approximate surface area is 329 Å². The molecule has 2 aliphatic rings. The first-order valence-corrected chi connectivity index (χ1v) is 18.0. The predicted octanol–water partition coefficient (Wildman–Crippen LogP) is -3.15. The maximum absolute atomic E-state index is 13.1. The third kappa shape index (κ3) is 12.6. The number of hydrogen-bond donors (Lipinski definition) is 10. The highest BCUT2D eigenvalue weighted by atomic mass is 16.4. The smallest absolute Gasteiger partial charge is 0.317 e. The second-order valence-electron chi connectivity index (χ2n) is 13.4. The molecule has 2 bridgehead atoms. The fourth-order valence-electron chi connectivity index (χ4n) is 6.48. The molecule has 3 aromatic rings. The molecule has 314 valence electrons. The number of amides is 2. The molecular formula is C36H46N8O14. The highest BCUT2D eigenvalue weighted by molar-refractivity contribution is 6.14. The van der Waals surface area contributed by atoms with Gasteiger partial charge in [0.05, 0.1) is 84.6 Å². The molecule has 2 aliphatic heterocycles. The molecular weight excluding hydrogens is 768 g/mol. The number of aliphatic carboxylic acids is 4. The van der Waals surface area contributed by atoms with Gasteiger partial charge in [0.15, 0.2) is 0 Å². The number of carbonyl (C=O) groups is 6. The number of nitrogens with one attached hydrogen (secondary N) is 2. The Bertz CT molecular complexity index is 2050. The Morgan fingerprint density at radius 1 is 0.552 bits per heavy atom. The third-order valence-electron chi connectivity index (χ3n) is 9.07. The van der Waals surface area contributed by atoms with Crippen molar-refractivity contribution in [2.45, 2.75) is 0 Å². The number of carbonyl (C=O) groups excluding carboxylic acids is 2. The van der Waals surface area contributed by atoms with E-state index < -0.39 is 84.9 Å². The lowest BCUT2D eigenvalue weighted by atomic mass is 9.98. The Morgan fingerprint density at radius 3 is 1.31 bits per heavy atom. The fraction of sp³-hybridized carbons (Fsp3) is 0.444. The van der Waals surface area contributed by atoms with Gasteiger partial charge in [-0.05, 0) is 24.3 Å². The summed E-state index contributed by atoms with van der Waals surface area (Å²) in [6, 6.07) is 5.38. The van der Waals surface area contributed by atoms with E-state index in [9.17, 15) is 59.4 Å². The molecule has 0 saturated carbocycles. The number of nitrogens with zero attached hydrogens (tertiary/aromatic N) is 6. The van der Waals surface area contributed by atoms with Gasteiger partial charge in [0.1, 0.15) is 23.0 Å². The van der Waals surface area contributed by atoms with Crippen LogP contribution in [-0.4, -0.2) is 201 Å². The molecule has 22 nitrogen and oxygen atoms in total. The Balaban J connectivity index is 1.51. The predicted molar refractivity (Wildman–Crippen MR) is 202 cm³/mol. The standard InChI is InChI=1S/C36H46N8O14/c45-23-3-4-24(46)34-33(23)35(57)31-21-1-2-22(32(31)36(34)58)38-6-8-40-26(48)16-43(15-25(47)39-7-5-37-21)13-11-41(17-27(49)50)9-10-42(18-28(51)52)12-14-44(19-29(53)54)20-30(55)56/h1-4,45-46,57-58H,5-20H2,(H,39,47)(H,40,48)(H,49,50)(H,51,52)(H,53,54)(H,55,56). The van der Waals surface area contributed by atoms with E-state index in [4.69, 9.17) is 10.2 Å². The summed E-state index contributed by atoms with van der Waals surface area (Å²) in [6.45, 7) is -2.80. The third-order valence-corrected chi connectivity index (χ3v) is 9.07. The van der Waals surface area contributed by atoms with Crippen molar-refractivity contribution in [1.82, 2.24) is 30.2 Å². The van der Waals surface area contributed by atoms with Gasteiger partial charge >= 0.3 is 23.9 Å². The molecule has 58 heavy (non-hydrogen) atoms. The Kier molecular flexibility index (Phi) is 15.8. The molecule has 0 saturated heterocycles. The zero-order valence-corrected chi connectivity index (χ0v) is 31.3. The zero-order chi connectivity index (χ0) is 42.5. The SMILES string of the molecule is O=C(O)CN(CCN(CCN1CC(=O)NCCN=c2ccc(c3c(O)c4c(O)ccc(O)c4c(O)c23)=NCCNC(=O)C1)CC(=O)O)CCN(CC(=O)O)CC(=O)O. The molecule has 0 fully saturated rings. The average Bonchev–Trinajstić information content (AvgIpc) is 3.13. The average molecular weight is 815 g/mol. The molecule has 22 heteroatoms. The van der Waals surface area contributed by atoms with E-state index in [0.717, 1.165) is 17.0 Å². The summed E-state index contributed by atoms with van der Waals surface area (Å²) >= 11 is 0. The van der Waals surface area contributed by atoms with E-state index in [0.29, 0.717) is 0 Å². The van der Waals surface area contributed by atoms with Crippen LogP contribution in [0, 0.1) is 0 Å². The van der Waals surface area contributed by atoms with Gasteiger partial charge in [-0.25, -0.2) is 0 Å². The lowest BCUT2D eigenvalue weighted by Crippen LogP contribution is -2.48. The molecule has 2 heterocycles. The van der Waals surface area contributed by atoms with Gasteiger partial charge in [-0.3, -0.25) is 58.4 Å². The maximum atomic E-state index is 13.1. The Morgan fingerprint density at radius 2 is 0.914 bits per heavy atom. The highest BCUT2D eigenvalue weighted by Crippen LogP contribution is 2.46. The number of rotatable bonds is 17. The molecule has 0 radical (unpaired) electrons. The van der Waals surface area contributed by atoms with Crippen LogP contribution in [0.3, 0.4) is 0 Å². The minimum Gasteiger partial charge on any atom is -0.507 e. The van der Waals surface area contributed by atoms with Crippen molar-refractivity contribution in [1.29, 1.82) is 0 Å². The van der Waals surface area contributed by atoms with Crippen molar-refractivity contribution in [2.75, 3.05) is 105 Å². The number of benzene rings is 3. The summed E-state index contributed by atoms with van der Waals surface area (Å²) in [5.74, 6) is -7.70. The summed E-state index contributed by atoms with van der Waals surface area (Å²) in [5, 5.41) is 86.4. The molecule has 0 atom stereocenters. The first kappa shape index (κ1) is 44.4. The zero-order valence-electron chi connectivity index (χ0n) is 31.3. The normalized spacial score (nSPS) is 14.6. The van der Waals surface area contributed by atoms with Crippen LogP contribution in [0.4, 0.5) is 0 Å². The van der Waals surface area contributed by atoms with Crippen LogP contribution < -0.4 is 21.3 Å². The van der Waals surface area contributed by atoms with Gasteiger partial charge in [-0.2, -0.15) is 0 Å². The van der Waals surface area contributed by atoms with Crippen LogP contribution in [0.15, 0.2) is 34.3 Å². The second kappa shape index (κ2) is 20.7. The van der Waals surface area contributed by atoms with Crippen LogP contribution >= 0.6 is 0 Å².